The van der Waals surface area contributed by atoms with Crippen LogP contribution in [-0.4, -0.2) is 237 Å². The van der Waals surface area contributed by atoms with Crippen LogP contribution in [0.2, 0.25) is 5.28 Å². The Kier molecular flexibility index (Phi) is 34.0. The van der Waals surface area contributed by atoms with Crippen LogP contribution in [0.1, 0.15) is 76.0 Å². The number of nitrogen functional groups attached to an aromatic ring is 1. The number of hydrogen-bond acceptors (Lipinski definition) is 26. The summed E-state index contributed by atoms with van der Waals surface area (Å²) in [5.41, 5.74) is 17.5. The van der Waals surface area contributed by atoms with E-state index in [1.165, 1.54) is 86.8 Å². The minimum absolute atomic E-state index is 0.0666. The number of piperidine rings is 2. The summed E-state index contributed by atoms with van der Waals surface area (Å²) < 4.78 is 73.5. The van der Waals surface area contributed by atoms with Gasteiger partial charge in [0.25, 0.3) is 15.7 Å². The Labute approximate surface area is 704 Å². The van der Waals surface area contributed by atoms with Gasteiger partial charge in [-0.2, -0.15) is 23.5 Å². The van der Waals surface area contributed by atoms with Crippen LogP contribution in [0.3, 0.4) is 0 Å². The van der Waals surface area contributed by atoms with E-state index in [1.54, 1.807) is 83.6 Å². The predicted octanol–water partition coefficient (Wildman–Crippen LogP) is 13.9. The molecular formula is C82H111Br2ClN18O10P2S. The average Bonchev–Trinajstić information content (AvgIpc) is 0.804. The molecule has 0 radical (unpaired) electrons. The number of aliphatic hydroxyl groups excluding tert-OH is 1. The molecule has 4 aromatic heterocycles. The number of aliphatic hydroxyl groups is 1. The third-order valence-corrected chi connectivity index (χ3v) is 25.9. The van der Waals surface area contributed by atoms with E-state index in [0.717, 1.165) is 136 Å². The lowest BCUT2D eigenvalue weighted by Gasteiger charge is -2.43. The largest absolute Gasteiger partial charge is 0.495 e. The van der Waals surface area contributed by atoms with Crippen LogP contribution in [0.4, 0.5) is 51.7 Å². The average molecular weight is 1800 g/mol. The highest BCUT2D eigenvalue weighted by Crippen LogP contribution is 2.44. The number of piperazine rings is 2. The van der Waals surface area contributed by atoms with E-state index in [4.69, 9.17) is 46.2 Å². The normalized spacial score (nSPS) is 15.4. The zero-order valence-electron chi connectivity index (χ0n) is 68.5. The van der Waals surface area contributed by atoms with Crippen LogP contribution in [0.5, 0.6) is 17.4 Å². The number of methoxy groups -OCH3 is 3. The lowest BCUT2D eigenvalue weighted by Crippen LogP contribution is -2.52. The van der Waals surface area contributed by atoms with Gasteiger partial charge in [0, 0.05) is 167 Å². The van der Waals surface area contributed by atoms with Crippen LogP contribution in [0.25, 0.3) is 22.5 Å². The SMILES string of the molecule is CCCCO.CCc1cc(N)c(OC)cc1N1CCC(N2CCN(C)CC2)CC1.CCc1cc(Nc2ncc(Br)c(Nc3ccc(-c4ccc(=O)[nH]n4)cc3P(C)(C)=O)n2)c(OC)cc1N1CCC(N2CCN(C)CC2)CC1.COc1ccc(-c2ccc(Nc3nc(Cl)ncc3Br)c(P(C)(C)=O)c2)nn1.Cc1ccc(S(=O)(=O)O)cc1. The first-order chi connectivity index (χ1) is 55.3. The third kappa shape index (κ3) is 25.9. The number of nitrogens with one attached hydrogen (secondary N) is 4. The number of anilines is 9. The minimum atomic E-state index is -4.02. The number of hydrogen-bond donors (Lipinski definition) is 7. The number of H-pyrrole nitrogens is 1. The molecule has 34 heteroatoms. The summed E-state index contributed by atoms with van der Waals surface area (Å²) >= 11 is 12.8. The summed E-state index contributed by atoms with van der Waals surface area (Å²) in [7, 11) is -0.0248. The molecule has 4 saturated heterocycles. The maximum atomic E-state index is 13.4. The maximum absolute atomic E-state index is 13.4. The number of aryl methyl sites for hydroxylation is 3. The van der Waals surface area contributed by atoms with E-state index in [-0.39, 0.29) is 15.7 Å². The molecule has 0 aliphatic carbocycles. The van der Waals surface area contributed by atoms with Crippen LogP contribution in [0.15, 0.2) is 140 Å². The fraction of sp³-hybridized carbons (Fsp3) is 0.439. The lowest BCUT2D eigenvalue weighted by atomic mass is 9.99. The number of ether oxygens (including phenoxy) is 3. The van der Waals surface area contributed by atoms with E-state index >= 15 is 0 Å². The van der Waals surface area contributed by atoms with Crippen molar-refractivity contribution in [3.63, 3.8) is 0 Å². The van der Waals surface area contributed by atoms with Crippen molar-refractivity contribution in [3.05, 3.63) is 163 Å². The van der Waals surface area contributed by atoms with E-state index in [1.807, 2.05) is 43.3 Å². The Balaban J connectivity index is 0.000000193. The van der Waals surface area contributed by atoms with Crippen molar-refractivity contribution in [2.45, 2.75) is 96.0 Å². The van der Waals surface area contributed by atoms with E-state index in [2.05, 4.69) is 172 Å². The van der Waals surface area contributed by atoms with Gasteiger partial charge >= 0.3 is 0 Å². The molecule has 28 nitrogen and oxygen atoms in total. The highest BCUT2D eigenvalue weighted by atomic mass is 79.9. The van der Waals surface area contributed by atoms with Gasteiger partial charge in [0.05, 0.1) is 69.3 Å². The summed E-state index contributed by atoms with van der Waals surface area (Å²) in [6.45, 7) is 29.2. The number of likely N-dealkylation sites (N-methyl/N-ethyl adjacent to an activating group) is 2. The first-order valence-corrected chi connectivity index (χ1v) is 47.5. The molecule has 8 heterocycles. The Morgan fingerprint density at radius 2 is 1.09 bits per heavy atom. The summed E-state index contributed by atoms with van der Waals surface area (Å²) in [6, 6.07) is 33.6. The fourth-order valence-electron chi connectivity index (χ4n) is 13.9. The lowest BCUT2D eigenvalue weighted by molar-refractivity contribution is 0.0982. The van der Waals surface area contributed by atoms with Gasteiger partial charge in [-0.1, -0.05) is 57.0 Å². The predicted molar refractivity (Wildman–Crippen MR) is 478 cm³/mol. The summed E-state index contributed by atoms with van der Waals surface area (Å²) in [5.74, 6) is 3.33. The van der Waals surface area contributed by atoms with Crippen molar-refractivity contribution in [1.29, 1.82) is 0 Å². The van der Waals surface area contributed by atoms with Crippen molar-refractivity contribution in [1.82, 2.24) is 59.9 Å². The van der Waals surface area contributed by atoms with Gasteiger partial charge in [-0.05, 0) is 208 Å². The van der Waals surface area contributed by atoms with Gasteiger partial charge in [-0.15, -0.1) is 10.2 Å². The van der Waals surface area contributed by atoms with Crippen LogP contribution >= 0.6 is 57.7 Å². The summed E-state index contributed by atoms with van der Waals surface area (Å²) in [5, 5.41) is 34.1. The molecule has 0 amide bonds. The quantitative estimate of drug-likeness (QED) is 0.0143. The number of nitrogens with two attached hydrogens (primary N) is 1. The van der Waals surface area contributed by atoms with Crippen molar-refractivity contribution in [2.75, 3.05) is 179 Å². The molecule has 13 rings (SSSR count). The number of nitrogens with zero attached hydrogens (tertiary/aromatic N) is 13. The highest BCUT2D eigenvalue weighted by Gasteiger charge is 2.31. The molecule has 0 unspecified atom stereocenters. The van der Waals surface area contributed by atoms with Crippen LogP contribution in [0, 0.1) is 6.92 Å². The number of aromatic nitrogens is 8. The fourth-order valence-corrected chi connectivity index (χ4v) is 17.4. The van der Waals surface area contributed by atoms with E-state index in [9.17, 15) is 22.3 Å². The van der Waals surface area contributed by atoms with E-state index < -0.39 is 24.4 Å². The first-order valence-electron chi connectivity index (χ1n) is 38.9. The van der Waals surface area contributed by atoms with Gasteiger partial charge in [0.15, 0.2) is 0 Å². The first kappa shape index (κ1) is 91.7. The molecule has 8 N–H and O–H groups in total. The number of benzene rings is 5. The topological polar surface area (TPSA) is 341 Å². The Bertz CT molecular complexity index is 4980. The van der Waals surface area contributed by atoms with E-state index in [0.29, 0.717) is 78.4 Å². The highest BCUT2D eigenvalue weighted by molar-refractivity contribution is 9.11. The molecule has 0 bridgehead atoms. The van der Waals surface area contributed by atoms with Gasteiger partial charge < -0.3 is 69.7 Å². The van der Waals surface area contributed by atoms with Gasteiger partial charge in [0.1, 0.15) is 37.4 Å². The molecule has 0 atom stereocenters. The number of aromatic amines is 1. The van der Waals surface area contributed by atoms with Crippen molar-refractivity contribution in [2.24, 2.45) is 0 Å². The smallest absolute Gasteiger partial charge is 0.294 e. The summed E-state index contributed by atoms with van der Waals surface area (Å²) in [6.07, 6.45) is 12.0. The number of unbranched alkanes of at least 4 members (excludes halogenated alkanes) is 1. The van der Waals surface area contributed by atoms with Crippen LogP contribution in [-0.2, 0) is 32.1 Å². The molecule has 9 aromatic rings. The molecule has 116 heavy (non-hydrogen) atoms. The second kappa shape index (κ2) is 43.0. The molecule has 4 aliphatic rings. The molecule has 4 aliphatic heterocycles. The Morgan fingerprint density at radius 3 is 1.53 bits per heavy atom. The molecular weight excluding hydrogens is 1690 g/mol. The molecule has 4 fully saturated rings. The van der Waals surface area contributed by atoms with Crippen molar-refractivity contribution < 1.29 is 41.4 Å². The zero-order chi connectivity index (χ0) is 84.0. The van der Waals surface area contributed by atoms with Crippen LogP contribution < -0.4 is 61.9 Å². The molecule has 626 valence electrons. The second-order valence-electron chi connectivity index (χ2n) is 29.6. The zero-order valence-corrected chi connectivity index (χ0v) is 75.1. The number of rotatable bonds is 22. The third-order valence-electron chi connectivity index (χ3n) is 20.6. The standard InChI is InChI=1S/C35H45BrN9O3P.C19H32N4O.C17H16BrClN5O2P.C7H8O3S.C4H10O/c1-6-23-19-29(31(48-3)21-30(23)45-13-11-25(12-14-45)44-17-15-43(2)16-18-44)39-35-37-22-26(36)34(40-35)38-28-8-7-24(20-32(28)49(4,5)47)27-9-10-33(46)42-41-27;1-4-15-13-17(20)19(24-3)14-18(15)23-7-5-16(6-8-23)22-11-9-21(2)10-12-22;1-26-15-7-6-12(23-24-15)10-4-5-13(14(8-10)27(2,3)25)21-16-11(18)9-20-17(19)22-16;1-6-2-4-7(5-3-6)11(8,9)10;1-2-3-4-5/h7-10,19-22,25H,6,11-18H2,1-5H3,(H,42,46)(H2,37,38,39,40);13-14,16H,4-12,20H2,1-3H3;4-9H,1-3H3,(H,20,21,22);2-5H,1H3,(H,8,9,10);5H,2-4H2,1H3. The summed E-state index contributed by atoms with van der Waals surface area (Å²) in [4.78, 5) is 44.1. The molecule has 0 saturated carbocycles. The Morgan fingerprint density at radius 1 is 0.595 bits per heavy atom. The number of halogens is 3. The Hall–Kier alpha value is -8.16. The second-order valence-corrected chi connectivity index (χ2v) is 39.5. The molecule has 5 aromatic carbocycles. The van der Waals surface area contributed by atoms with Gasteiger partial charge in [-0.3, -0.25) is 19.1 Å². The minimum Gasteiger partial charge on any atom is -0.495 e. The van der Waals surface area contributed by atoms with Gasteiger partial charge in [-0.25, -0.2) is 15.1 Å². The molecule has 0 spiro atoms. The van der Waals surface area contributed by atoms with Crippen molar-refractivity contribution >= 4 is 130 Å². The van der Waals surface area contributed by atoms with Crippen molar-refractivity contribution in [3.8, 4) is 39.9 Å². The monoisotopic (exact) mass is 1790 g/mol. The van der Waals surface area contributed by atoms with Gasteiger partial charge in [0.2, 0.25) is 17.1 Å². The maximum Gasteiger partial charge on any atom is 0.294 e.